The molecule has 118 valence electrons. The number of rotatable bonds is 4. The molecule has 1 aromatic carbocycles. The van der Waals surface area contributed by atoms with Gasteiger partial charge in [-0.3, -0.25) is 0 Å². The van der Waals surface area contributed by atoms with E-state index in [0.29, 0.717) is 24.3 Å². The molecule has 0 unspecified atom stereocenters. The highest BCUT2D eigenvalue weighted by Crippen LogP contribution is 2.32. The lowest BCUT2D eigenvalue weighted by Crippen LogP contribution is -2.45. The summed E-state index contributed by atoms with van der Waals surface area (Å²) >= 11 is 0. The highest BCUT2D eigenvalue weighted by Gasteiger charge is 2.33. The number of nitrogens with one attached hydrogen (secondary N) is 1. The van der Waals surface area contributed by atoms with E-state index in [4.69, 9.17) is 5.73 Å². The van der Waals surface area contributed by atoms with Gasteiger partial charge in [0.25, 0.3) is 0 Å². The summed E-state index contributed by atoms with van der Waals surface area (Å²) in [6.45, 7) is 3.90. The first kappa shape index (κ1) is 16.3. The van der Waals surface area contributed by atoms with Crippen molar-refractivity contribution >= 4 is 15.7 Å². The maximum absolute atomic E-state index is 12.4. The van der Waals surface area contributed by atoms with Crippen molar-refractivity contribution < 1.29 is 13.5 Å². The number of sulfonamides is 1. The normalized spacial score (nSPS) is 26.7. The molecular formula is C15H24N2O3S. The third kappa shape index (κ3) is 3.75. The molecule has 0 spiro atoms. The Morgan fingerprint density at radius 3 is 2.57 bits per heavy atom. The Balaban J connectivity index is 2.12. The van der Waals surface area contributed by atoms with Crippen LogP contribution in [0.3, 0.4) is 0 Å². The molecule has 0 radical (unpaired) electrons. The van der Waals surface area contributed by atoms with Gasteiger partial charge in [-0.2, -0.15) is 0 Å². The molecule has 6 heteroatoms. The van der Waals surface area contributed by atoms with Crippen LogP contribution >= 0.6 is 0 Å². The molecular weight excluding hydrogens is 288 g/mol. The Kier molecular flexibility index (Phi) is 4.60. The summed E-state index contributed by atoms with van der Waals surface area (Å²) in [7, 11) is -3.71. The second-order valence-corrected chi connectivity index (χ2v) is 7.93. The Morgan fingerprint density at radius 1 is 1.38 bits per heavy atom. The van der Waals surface area contributed by atoms with Crippen molar-refractivity contribution in [3.63, 3.8) is 0 Å². The van der Waals surface area contributed by atoms with Crippen LogP contribution in [0.1, 0.15) is 38.2 Å². The van der Waals surface area contributed by atoms with Gasteiger partial charge in [0.2, 0.25) is 10.0 Å². The second-order valence-electron chi connectivity index (χ2n) is 6.22. The molecule has 1 aliphatic rings. The van der Waals surface area contributed by atoms with Crippen molar-refractivity contribution in [2.24, 2.45) is 5.92 Å². The molecule has 2 rings (SSSR count). The summed E-state index contributed by atoms with van der Waals surface area (Å²) in [6.07, 6.45) is 3.09. The highest BCUT2D eigenvalue weighted by atomic mass is 32.2. The van der Waals surface area contributed by atoms with Crippen molar-refractivity contribution in [1.82, 2.24) is 4.72 Å². The van der Waals surface area contributed by atoms with Gasteiger partial charge in [-0.25, -0.2) is 13.1 Å². The van der Waals surface area contributed by atoms with Crippen LogP contribution in [0.2, 0.25) is 0 Å². The Hall–Kier alpha value is -1.11. The van der Waals surface area contributed by atoms with E-state index < -0.39 is 15.6 Å². The first-order valence-electron chi connectivity index (χ1n) is 7.31. The number of nitrogens with two attached hydrogens (primary N) is 1. The third-order valence-electron chi connectivity index (χ3n) is 4.31. The van der Waals surface area contributed by atoms with Crippen molar-refractivity contribution in [1.29, 1.82) is 0 Å². The van der Waals surface area contributed by atoms with Crippen molar-refractivity contribution in [2.75, 3.05) is 12.3 Å². The van der Waals surface area contributed by atoms with Crippen molar-refractivity contribution in [3.05, 3.63) is 23.8 Å². The van der Waals surface area contributed by atoms with E-state index in [0.717, 1.165) is 12.8 Å². The monoisotopic (exact) mass is 312 g/mol. The predicted octanol–water partition coefficient (Wildman–Crippen LogP) is 1.80. The van der Waals surface area contributed by atoms with Crippen LogP contribution in [0.25, 0.3) is 0 Å². The summed E-state index contributed by atoms with van der Waals surface area (Å²) < 4.78 is 27.4. The average Bonchev–Trinajstić information content (AvgIpc) is 2.40. The lowest BCUT2D eigenvalue weighted by molar-refractivity contribution is -0.00182. The van der Waals surface area contributed by atoms with Crippen LogP contribution in [0.4, 0.5) is 5.69 Å². The minimum absolute atomic E-state index is 0.0375. The standard InChI is InChI=1S/C15H24N2O3S/c1-11-6-8-15(18,9-7-11)10-17-21(19,20)14-12(2)4-3-5-13(14)16/h3-5,11,17-18H,6-10,16H2,1-2H3. The molecule has 1 saturated carbocycles. The van der Waals surface area contributed by atoms with Gasteiger partial charge < -0.3 is 10.8 Å². The number of aryl methyl sites for hydroxylation is 1. The van der Waals surface area contributed by atoms with Crippen LogP contribution in [-0.2, 0) is 10.0 Å². The van der Waals surface area contributed by atoms with Crippen molar-refractivity contribution in [3.8, 4) is 0 Å². The van der Waals surface area contributed by atoms with Gasteiger partial charge in [-0.15, -0.1) is 0 Å². The Labute approximate surface area is 126 Å². The lowest BCUT2D eigenvalue weighted by atomic mass is 9.80. The molecule has 0 heterocycles. The fourth-order valence-electron chi connectivity index (χ4n) is 2.82. The zero-order valence-electron chi connectivity index (χ0n) is 12.6. The second kappa shape index (κ2) is 5.94. The van der Waals surface area contributed by atoms with E-state index in [1.54, 1.807) is 25.1 Å². The van der Waals surface area contributed by atoms with E-state index in [2.05, 4.69) is 11.6 Å². The number of nitrogen functional groups attached to an aromatic ring is 1. The third-order valence-corrected chi connectivity index (χ3v) is 5.93. The SMILES string of the molecule is Cc1cccc(N)c1S(=O)(=O)NCC1(O)CCC(C)CC1. The molecule has 0 saturated heterocycles. The molecule has 0 bridgehead atoms. The largest absolute Gasteiger partial charge is 0.398 e. The predicted molar refractivity (Wildman–Crippen MR) is 83.4 cm³/mol. The van der Waals surface area contributed by atoms with Crippen LogP contribution < -0.4 is 10.5 Å². The summed E-state index contributed by atoms with van der Waals surface area (Å²) in [5.41, 5.74) is 5.67. The quantitative estimate of drug-likeness (QED) is 0.739. The molecule has 0 amide bonds. The fourth-order valence-corrected chi connectivity index (χ4v) is 4.29. The number of hydrogen-bond donors (Lipinski definition) is 3. The maximum Gasteiger partial charge on any atom is 0.242 e. The van der Waals surface area contributed by atoms with Crippen LogP contribution in [-0.4, -0.2) is 25.7 Å². The Morgan fingerprint density at radius 2 is 2.00 bits per heavy atom. The van der Waals surface area contributed by atoms with E-state index >= 15 is 0 Å². The summed E-state index contributed by atoms with van der Waals surface area (Å²) in [6, 6.07) is 5.00. The number of benzene rings is 1. The summed E-state index contributed by atoms with van der Waals surface area (Å²) in [5, 5.41) is 10.5. The molecule has 4 N–H and O–H groups in total. The van der Waals surface area contributed by atoms with E-state index in [1.165, 1.54) is 0 Å². The first-order chi connectivity index (χ1) is 9.73. The van der Waals surface area contributed by atoms with Gasteiger partial charge in [-0.05, 0) is 50.2 Å². The fraction of sp³-hybridized carbons (Fsp3) is 0.600. The number of hydrogen-bond acceptors (Lipinski definition) is 4. The molecule has 0 aromatic heterocycles. The molecule has 5 nitrogen and oxygen atoms in total. The highest BCUT2D eigenvalue weighted by molar-refractivity contribution is 7.89. The van der Waals surface area contributed by atoms with Crippen molar-refractivity contribution in [2.45, 2.75) is 50.0 Å². The van der Waals surface area contributed by atoms with Crippen LogP contribution in [0.5, 0.6) is 0 Å². The smallest absolute Gasteiger partial charge is 0.242 e. The average molecular weight is 312 g/mol. The van der Waals surface area contributed by atoms with Gasteiger partial charge >= 0.3 is 0 Å². The van der Waals surface area contributed by atoms with Crippen LogP contribution in [0, 0.1) is 12.8 Å². The molecule has 1 fully saturated rings. The summed E-state index contributed by atoms with van der Waals surface area (Å²) in [4.78, 5) is 0.109. The minimum atomic E-state index is -3.71. The molecule has 0 aliphatic heterocycles. The minimum Gasteiger partial charge on any atom is -0.398 e. The lowest BCUT2D eigenvalue weighted by Gasteiger charge is -2.34. The number of aliphatic hydroxyl groups is 1. The zero-order chi connectivity index (χ0) is 15.7. The molecule has 1 aliphatic carbocycles. The molecule has 1 aromatic rings. The maximum atomic E-state index is 12.4. The van der Waals surface area contributed by atoms with Gasteiger partial charge in [0, 0.05) is 6.54 Å². The molecule has 0 atom stereocenters. The summed E-state index contributed by atoms with van der Waals surface area (Å²) in [5.74, 6) is 0.592. The van der Waals surface area contributed by atoms with E-state index in [9.17, 15) is 13.5 Å². The zero-order valence-corrected chi connectivity index (χ0v) is 13.4. The Bertz CT molecular complexity index is 585. The van der Waals surface area contributed by atoms with Gasteiger partial charge in [-0.1, -0.05) is 19.1 Å². The molecule has 21 heavy (non-hydrogen) atoms. The van der Waals surface area contributed by atoms with Crippen LogP contribution in [0.15, 0.2) is 23.1 Å². The topological polar surface area (TPSA) is 92.4 Å². The first-order valence-corrected chi connectivity index (χ1v) is 8.79. The van der Waals surface area contributed by atoms with Gasteiger partial charge in [0.1, 0.15) is 4.90 Å². The van der Waals surface area contributed by atoms with Gasteiger partial charge in [0.15, 0.2) is 0 Å². The van der Waals surface area contributed by atoms with E-state index in [-0.39, 0.29) is 17.1 Å². The van der Waals surface area contributed by atoms with Gasteiger partial charge in [0.05, 0.1) is 11.3 Å². The number of anilines is 1. The van der Waals surface area contributed by atoms with E-state index in [1.807, 2.05) is 0 Å².